The second-order valence-electron chi connectivity index (χ2n) is 13.5. The van der Waals surface area contributed by atoms with Crippen molar-refractivity contribution in [2.75, 3.05) is 26.4 Å². The van der Waals surface area contributed by atoms with Crippen molar-refractivity contribution >= 4 is 12.1 Å². The number of ether oxygens (including phenoxy) is 5. The van der Waals surface area contributed by atoms with Gasteiger partial charge >= 0.3 is 12.1 Å². The summed E-state index contributed by atoms with van der Waals surface area (Å²) in [7, 11) is 0. The highest BCUT2D eigenvalue weighted by Crippen LogP contribution is 2.44. The Balaban J connectivity index is 1.04. The van der Waals surface area contributed by atoms with Crippen LogP contribution in [-0.4, -0.2) is 74.0 Å². The fraction of sp³-hybridized carbons (Fsp3) is 0.590. The molecule has 0 bridgehead atoms. The first-order valence-corrected chi connectivity index (χ1v) is 17.9. The molecule has 2 aromatic rings. The molecule has 4 atom stereocenters. The van der Waals surface area contributed by atoms with E-state index in [9.17, 15) is 9.59 Å². The molecule has 0 spiro atoms. The lowest BCUT2D eigenvalue weighted by Gasteiger charge is -2.32. The van der Waals surface area contributed by atoms with Gasteiger partial charge in [0.25, 0.3) is 0 Å². The minimum absolute atomic E-state index is 0.0165. The molecule has 8 nitrogen and oxygen atoms in total. The monoisotopic (exact) mass is 645 g/mol. The average molecular weight is 646 g/mol. The first-order chi connectivity index (χ1) is 23.1. The third kappa shape index (κ3) is 8.64. The molecule has 0 radical (unpaired) electrons. The van der Waals surface area contributed by atoms with E-state index in [2.05, 4.69) is 30.8 Å². The van der Waals surface area contributed by atoms with E-state index in [1.54, 1.807) is 0 Å². The molecule has 2 saturated heterocycles. The lowest BCUT2D eigenvalue weighted by atomic mass is 9.98. The normalized spacial score (nSPS) is 25.5. The predicted octanol–water partition coefficient (Wildman–Crippen LogP) is 7.93. The fourth-order valence-electron chi connectivity index (χ4n) is 7.72. The average Bonchev–Trinajstić information content (AvgIpc) is 3.67. The molecule has 254 valence electrons. The Labute approximate surface area is 279 Å². The molecule has 8 heteroatoms. The quantitative estimate of drug-likeness (QED) is 0.192. The summed E-state index contributed by atoms with van der Waals surface area (Å²) in [6.07, 6.45) is 14.9. The van der Waals surface area contributed by atoms with E-state index in [1.165, 1.54) is 55.9 Å². The van der Waals surface area contributed by atoms with Gasteiger partial charge in [-0.05, 0) is 54.4 Å². The van der Waals surface area contributed by atoms with Gasteiger partial charge in [0.1, 0.15) is 19.3 Å². The maximum absolute atomic E-state index is 13.6. The van der Waals surface area contributed by atoms with Crippen molar-refractivity contribution in [3.8, 4) is 11.1 Å². The number of hydrogen-bond acceptors (Lipinski definition) is 7. The van der Waals surface area contributed by atoms with E-state index in [-0.39, 0.29) is 37.9 Å². The van der Waals surface area contributed by atoms with Crippen LogP contribution in [0.5, 0.6) is 0 Å². The van der Waals surface area contributed by atoms with Crippen molar-refractivity contribution in [2.24, 2.45) is 0 Å². The molecule has 2 aliphatic heterocycles. The van der Waals surface area contributed by atoms with Crippen molar-refractivity contribution in [1.82, 2.24) is 4.90 Å². The molecule has 2 heterocycles. The van der Waals surface area contributed by atoms with E-state index in [4.69, 9.17) is 23.7 Å². The van der Waals surface area contributed by atoms with Crippen LogP contribution >= 0.6 is 0 Å². The maximum atomic E-state index is 13.6. The van der Waals surface area contributed by atoms with Crippen molar-refractivity contribution in [2.45, 2.75) is 120 Å². The molecular weight excluding hydrogens is 594 g/mol. The molecule has 0 aromatic heterocycles. The van der Waals surface area contributed by atoms with Crippen LogP contribution in [0.3, 0.4) is 0 Å². The summed E-state index contributed by atoms with van der Waals surface area (Å²) in [5, 5.41) is 0. The van der Waals surface area contributed by atoms with Crippen LogP contribution in [0.1, 0.15) is 101 Å². The van der Waals surface area contributed by atoms with E-state index >= 15 is 0 Å². The van der Waals surface area contributed by atoms with Crippen LogP contribution in [0.2, 0.25) is 0 Å². The number of amides is 1. The van der Waals surface area contributed by atoms with Crippen molar-refractivity contribution in [1.29, 1.82) is 0 Å². The maximum Gasteiger partial charge on any atom is 0.410 e. The molecule has 2 unspecified atom stereocenters. The van der Waals surface area contributed by atoms with Gasteiger partial charge in [0.15, 0.2) is 6.29 Å². The lowest BCUT2D eigenvalue weighted by molar-refractivity contribution is -0.224. The highest BCUT2D eigenvalue weighted by Gasteiger charge is 2.44. The van der Waals surface area contributed by atoms with E-state index in [0.717, 1.165) is 54.4 Å². The van der Waals surface area contributed by atoms with E-state index < -0.39 is 24.4 Å². The van der Waals surface area contributed by atoms with Crippen LogP contribution in [0, 0.1) is 0 Å². The number of likely N-dealkylation sites (tertiary alicyclic amines) is 1. The summed E-state index contributed by atoms with van der Waals surface area (Å²) in [6.45, 7) is 4.72. The first-order valence-electron chi connectivity index (χ1n) is 17.9. The third-order valence-corrected chi connectivity index (χ3v) is 10.2. The summed E-state index contributed by atoms with van der Waals surface area (Å²) >= 11 is 0. The van der Waals surface area contributed by atoms with E-state index in [1.807, 2.05) is 24.3 Å². The highest BCUT2D eigenvalue weighted by atomic mass is 16.7. The minimum atomic E-state index is -0.800. The van der Waals surface area contributed by atoms with Crippen LogP contribution in [0.4, 0.5) is 4.79 Å². The Morgan fingerprint density at radius 3 is 2.13 bits per heavy atom. The number of hydrogen-bond donors (Lipinski definition) is 0. The number of carbonyl (C=O) groups excluding carboxylic acids is 2. The largest absolute Gasteiger partial charge is 0.460 e. The van der Waals surface area contributed by atoms with Crippen molar-refractivity contribution < 1.29 is 33.3 Å². The summed E-state index contributed by atoms with van der Waals surface area (Å²) < 4.78 is 30.5. The molecule has 4 aliphatic rings. The van der Waals surface area contributed by atoms with Gasteiger partial charge in [-0.3, -0.25) is 4.90 Å². The number of fused-ring (bicyclic) bond motifs is 3. The second-order valence-corrected chi connectivity index (χ2v) is 13.5. The SMILES string of the molecule is C=CCOC(=O)[C@@H]1C[C@@H](OC2CCCC(COC3CCCCCCCCC3)O2)CN1C(=O)OCC1c2ccccc2-c2ccccc21. The van der Waals surface area contributed by atoms with Gasteiger partial charge in [-0.15, -0.1) is 0 Å². The van der Waals surface area contributed by atoms with Crippen LogP contribution < -0.4 is 0 Å². The Bertz CT molecular complexity index is 1290. The van der Waals surface area contributed by atoms with Crippen molar-refractivity contribution in [3.63, 3.8) is 0 Å². The van der Waals surface area contributed by atoms with Crippen LogP contribution in [0.15, 0.2) is 61.2 Å². The lowest BCUT2D eigenvalue weighted by Crippen LogP contribution is -2.42. The van der Waals surface area contributed by atoms with Crippen molar-refractivity contribution in [3.05, 3.63) is 72.3 Å². The first kappa shape index (κ1) is 33.7. The number of nitrogens with zero attached hydrogens (tertiary/aromatic N) is 1. The molecule has 6 rings (SSSR count). The summed E-state index contributed by atoms with van der Waals surface area (Å²) in [5.41, 5.74) is 4.60. The number of esters is 1. The Morgan fingerprint density at radius 1 is 0.787 bits per heavy atom. The standard InChI is InChI=1S/C39H51NO7/c1-2-23-43-38(41)36-24-30(47-37-22-14-17-29(46-37)26-44-28-15-8-6-4-3-5-7-9-16-28)25-40(36)39(42)45-27-35-33-20-12-10-18-31(33)32-19-11-13-21-34(32)35/h2,10-13,18-21,28-30,35-37H,1,3-9,14-17,22-27H2/t29?,30-,36+,37?/m1/s1. The topological polar surface area (TPSA) is 83.5 Å². The summed E-state index contributed by atoms with van der Waals surface area (Å²) in [4.78, 5) is 28.2. The molecule has 1 saturated carbocycles. The smallest absolute Gasteiger partial charge is 0.410 e. The fourth-order valence-corrected chi connectivity index (χ4v) is 7.72. The minimum Gasteiger partial charge on any atom is -0.460 e. The zero-order chi connectivity index (χ0) is 32.4. The number of benzene rings is 2. The van der Waals surface area contributed by atoms with Crippen LogP contribution in [-0.2, 0) is 28.5 Å². The van der Waals surface area contributed by atoms with Crippen LogP contribution in [0.25, 0.3) is 11.1 Å². The van der Waals surface area contributed by atoms with Gasteiger partial charge in [0.05, 0.1) is 31.5 Å². The zero-order valence-corrected chi connectivity index (χ0v) is 27.7. The Hall–Kier alpha value is -3.20. The molecule has 1 amide bonds. The molecule has 2 aromatic carbocycles. The Kier molecular flexibility index (Phi) is 12.0. The van der Waals surface area contributed by atoms with Gasteiger partial charge in [0, 0.05) is 12.3 Å². The molecule has 2 aliphatic carbocycles. The van der Waals surface area contributed by atoms with Gasteiger partial charge < -0.3 is 23.7 Å². The van der Waals surface area contributed by atoms with Gasteiger partial charge in [-0.25, -0.2) is 9.59 Å². The number of rotatable bonds is 10. The molecule has 47 heavy (non-hydrogen) atoms. The van der Waals surface area contributed by atoms with Gasteiger partial charge in [-0.2, -0.15) is 0 Å². The van der Waals surface area contributed by atoms with Gasteiger partial charge in [-0.1, -0.05) is 106 Å². The summed E-state index contributed by atoms with van der Waals surface area (Å²) in [6, 6.07) is 15.7. The van der Waals surface area contributed by atoms with Gasteiger partial charge in [0.2, 0.25) is 0 Å². The number of carbonyl (C=O) groups is 2. The highest BCUT2D eigenvalue weighted by molar-refractivity contribution is 5.83. The predicted molar refractivity (Wildman–Crippen MR) is 180 cm³/mol. The Morgan fingerprint density at radius 2 is 1.45 bits per heavy atom. The van der Waals surface area contributed by atoms with E-state index in [0.29, 0.717) is 19.1 Å². The zero-order valence-electron chi connectivity index (χ0n) is 27.7. The third-order valence-electron chi connectivity index (χ3n) is 10.2. The molecule has 0 N–H and O–H groups in total. The second kappa shape index (κ2) is 16.8. The molecular formula is C39H51NO7. The summed E-state index contributed by atoms with van der Waals surface area (Å²) in [5.74, 6) is -0.551. The molecule has 3 fully saturated rings.